The first-order chi connectivity index (χ1) is 17.1. The number of para-hydroxylation sites is 2. The Hall–Kier alpha value is -3.51. The van der Waals surface area contributed by atoms with Gasteiger partial charge in [-0.25, -0.2) is 4.98 Å². The lowest BCUT2D eigenvalue weighted by Crippen LogP contribution is -2.24. The number of carbonyl (C=O) groups excluding carboxylic acids is 1. The van der Waals surface area contributed by atoms with Crippen LogP contribution in [0.5, 0.6) is 11.5 Å². The summed E-state index contributed by atoms with van der Waals surface area (Å²) in [5, 5.41) is 3.60. The van der Waals surface area contributed by atoms with E-state index in [1.54, 1.807) is 31.4 Å². The molecule has 1 aromatic heterocycles. The third-order valence-corrected chi connectivity index (χ3v) is 6.08. The Morgan fingerprint density at radius 3 is 2.60 bits per heavy atom. The molecule has 0 fully saturated rings. The van der Waals surface area contributed by atoms with E-state index in [0.717, 1.165) is 54.0 Å². The fourth-order valence-electron chi connectivity index (χ4n) is 4.00. The minimum atomic E-state index is -0.0699. The molecular formula is C28H30ClN3O3. The number of nitrogens with zero attached hydrogens (tertiary/aromatic N) is 2. The number of nitrogens with one attached hydrogen (secondary N) is 1. The van der Waals surface area contributed by atoms with Crippen LogP contribution >= 0.6 is 11.6 Å². The van der Waals surface area contributed by atoms with Crippen molar-refractivity contribution in [2.24, 2.45) is 0 Å². The van der Waals surface area contributed by atoms with Crippen molar-refractivity contribution in [2.45, 2.75) is 32.2 Å². The van der Waals surface area contributed by atoms with E-state index in [1.807, 2.05) is 42.5 Å². The highest BCUT2D eigenvalue weighted by Crippen LogP contribution is 2.21. The molecule has 0 saturated carbocycles. The molecule has 3 aromatic carbocycles. The first-order valence-corrected chi connectivity index (χ1v) is 12.3. The molecule has 4 aromatic rings. The molecule has 0 radical (unpaired) electrons. The number of carbonyl (C=O) groups is 1. The molecule has 0 spiro atoms. The Bertz CT molecular complexity index is 1250. The number of aryl methyl sites for hydroxylation is 1. The van der Waals surface area contributed by atoms with E-state index in [4.69, 9.17) is 26.1 Å². The zero-order valence-corrected chi connectivity index (χ0v) is 20.6. The van der Waals surface area contributed by atoms with Gasteiger partial charge in [-0.05, 0) is 61.4 Å². The normalized spacial score (nSPS) is 10.9. The summed E-state index contributed by atoms with van der Waals surface area (Å²) in [7, 11) is 1.65. The van der Waals surface area contributed by atoms with Crippen LogP contribution in [0.25, 0.3) is 11.0 Å². The molecule has 1 heterocycles. The van der Waals surface area contributed by atoms with Crippen molar-refractivity contribution in [1.29, 1.82) is 0 Å². The third-order valence-electron chi connectivity index (χ3n) is 5.83. The number of amides is 1. The van der Waals surface area contributed by atoms with Gasteiger partial charge in [-0.3, -0.25) is 4.79 Å². The van der Waals surface area contributed by atoms with E-state index in [1.165, 1.54) is 0 Å². The lowest BCUT2D eigenvalue weighted by Gasteiger charge is -2.12. The van der Waals surface area contributed by atoms with Gasteiger partial charge in [0.15, 0.2) is 0 Å². The van der Waals surface area contributed by atoms with Crippen LogP contribution in [-0.4, -0.2) is 35.7 Å². The highest BCUT2D eigenvalue weighted by molar-refractivity contribution is 6.30. The van der Waals surface area contributed by atoms with E-state index < -0.39 is 0 Å². The SMILES string of the molecule is COc1cccc(OCCn2c(CCCCCNC(=O)c3ccc(Cl)cc3)nc3ccccc32)c1. The maximum atomic E-state index is 12.2. The van der Waals surface area contributed by atoms with Crippen LogP contribution < -0.4 is 14.8 Å². The van der Waals surface area contributed by atoms with Gasteiger partial charge >= 0.3 is 0 Å². The zero-order chi connectivity index (χ0) is 24.5. The molecule has 0 bridgehead atoms. The minimum absolute atomic E-state index is 0.0699. The standard InChI is InChI=1S/C28H30ClN3O3/c1-34-23-8-7-9-24(20-23)35-19-18-32-26-11-5-4-10-25(26)31-27(32)12-3-2-6-17-30-28(33)21-13-15-22(29)16-14-21/h4-5,7-11,13-16,20H,2-3,6,12,17-19H2,1H3,(H,30,33). The number of hydrogen-bond acceptors (Lipinski definition) is 4. The number of benzene rings is 3. The van der Waals surface area contributed by atoms with Gasteiger partial charge in [-0.2, -0.15) is 0 Å². The molecule has 0 unspecified atom stereocenters. The molecule has 182 valence electrons. The smallest absolute Gasteiger partial charge is 0.251 e. The lowest BCUT2D eigenvalue weighted by atomic mass is 10.1. The third kappa shape index (κ3) is 6.76. The van der Waals surface area contributed by atoms with Crippen molar-refractivity contribution in [2.75, 3.05) is 20.3 Å². The summed E-state index contributed by atoms with van der Waals surface area (Å²) in [5.74, 6) is 2.56. The van der Waals surface area contributed by atoms with Crippen molar-refractivity contribution >= 4 is 28.5 Å². The van der Waals surface area contributed by atoms with E-state index in [-0.39, 0.29) is 5.91 Å². The summed E-state index contributed by atoms with van der Waals surface area (Å²) in [6.45, 7) is 1.90. The second kappa shape index (κ2) is 12.3. The fourth-order valence-corrected chi connectivity index (χ4v) is 4.13. The number of aromatic nitrogens is 2. The highest BCUT2D eigenvalue weighted by Gasteiger charge is 2.11. The molecule has 4 rings (SSSR count). The largest absolute Gasteiger partial charge is 0.497 e. The maximum Gasteiger partial charge on any atom is 0.251 e. The van der Waals surface area contributed by atoms with Gasteiger partial charge in [0.1, 0.15) is 23.9 Å². The van der Waals surface area contributed by atoms with Crippen molar-refractivity contribution in [1.82, 2.24) is 14.9 Å². The summed E-state index contributed by atoms with van der Waals surface area (Å²) >= 11 is 5.88. The number of fused-ring (bicyclic) bond motifs is 1. The van der Waals surface area contributed by atoms with Crippen molar-refractivity contribution in [3.05, 3.63) is 89.2 Å². The molecule has 1 N–H and O–H groups in total. The van der Waals surface area contributed by atoms with Crippen LogP contribution in [0.4, 0.5) is 0 Å². The van der Waals surface area contributed by atoms with Crippen LogP contribution in [0, 0.1) is 0 Å². The Morgan fingerprint density at radius 2 is 1.77 bits per heavy atom. The predicted octanol–water partition coefficient (Wildman–Crippen LogP) is 5.92. The van der Waals surface area contributed by atoms with Crippen LogP contribution in [0.2, 0.25) is 5.02 Å². The summed E-state index contributed by atoms with van der Waals surface area (Å²) in [5.41, 5.74) is 2.74. The summed E-state index contributed by atoms with van der Waals surface area (Å²) in [6.07, 6.45) is 3.79. The van der Waals surface area contributed by atoms with Gasteiger partial charge < -0.3 is 19.4 Å². The molecule has 0 aliphatic rings. The number of imidazole rings is 1. The van der Waals surface area contributed by atoms with Gasteiger partial charge in [0, 0.05) is 29.6 Å². The first kappa shape index (κ1) is 24.6. The number of hydrogen-bond donors (Lipinski definition) is 1. The van der Waals surface area contributed by atoms with Gasteiger partial charge in [-0.1, -0.05) is 36.2 Å². The number of halogens is 1. The molecule has 1 amide bonds. The Labute approximate surface area is 210 Å². The molecule has 0 aliphatic heterocycles. The second-order valence-electron chi connectivity index (χ2n) is 8.27. The average molecular weight is 492 g/mol. The number of rotatable bonds is 12. The van der Waals surface area contributed by atoms with E-state index >= 15 is 0 Å². The monoisotopic (exact) mass is 491 g/mol. The Kier molecular flexibility index (Phi) is 8.63. The van der Waals surface area contributed by atoms with Gasteiger partial charge in [-0.15, -0.1) is 0 Å². The summed E-state index contributed by atoms with van der Waals surface area (Å²) in [6, 6.07) is 22.8. The lowest BCUT2D eigenvalue weighted by molar-refractivity contribution is 0.0953. The number of methoxy groups -OCH3 is 1. The Morgan fingerprint density at radius 1 is 0.971 bits per heavy atom. The topological polar surface area (TPSA) is 65.4 Å². The molecule has 6 nitrogen and oxygen atoms in total. The highest BCUT2D eigenvalue weighted by atomic mass is 35.5. The van der Waals surface area contributed by atoms with Gasteiger partial charge in [0.2, 0.25) is 0 Å². The minimum Gasteiger partial charge on any atom is -0.497 e. The van der Waals surface area contributed by atoms with Crippen LogP contribution in [0.3, 0.4) is 0 Å². The van der Waals surface area contributed by atoms with Crippen LogP contribution in [-0.2, 0) is 13.0 Å². The second-order valence-corrected chi connectivity index (χ2v) is 8.71. The van der Waals surface area contributed by atoms with E-state index in [0.29, 0.717) is 30.3 Å². The summed E-state index contributed by atoms with van der Waals surface area (Å²) in [4.78, 5) is 17.1. The molecule has 0 saturated heterocycles. The molecule has 0 atom stereocenters. The Balaban J connectivity index is 1.27. The molecule has 7 heteroatoms. The van der Waals surface area contributed by atoms with Crippen molar-refractivity contribution in [3.8, 4) is 11.5 Å². The average Bonchev–Trinajstić information content (AvgIpc) is 3.24. The first-order valence-electron chi connectivity index (χ1n) is 11.9. The van der Waals surface area contributed by atoms with E-state index in [2.05, 4.69) is 16.0 Å². The van der Waals surface area contributed by atoms with Crippen LogP contribution in [0.1, 0.15) is 35.4 Å². The van der Waals surface area contributed by atoms with E-state index in [9.17, 15) is 4.79 Å². The van der Waals surface area contributed by atoms with Crippen molar-refractivity contribution < 1.29 is 14.3 Å². The van der Waals surface area contributed by atoms with Gasteiger partial charge in [0.05, 0.1) is 24.7 Å². The molecule has 0 aliphatic carbocycles. The predicted molar refractivity (Wildman–Crippen MR) is 140 cm³/mol. The quantitative estimate of drug-likeness (QED) is 0.250. The maximum absolute atomic E-state index is 12.2. The number of unbranched alkanes of at least 4 members (excludes halogenated alkanes) is 2. The zero-order valence-electron chi connectivity index (χ0n) is 19.9. The summed E-state index contributed by atoms with van der Waals surface area (Å²) < 4.78 is 13.5. The molecule has 35 heavy (non-hydrogen) atoms. The fraction of sp³-hybridized carbons (Fsp3) is 0.286. The molecular weight excluding hydrogens is 462 g/mol. The van der Waals surface area contributed by atoms with Gasteiger partial charge in [0.25, 0.3) is 5.91 Å². The number of ether oxygens (including phenoxy) is 2. The van der Waals surface area contributed by atoms with Crippen LogP contribution in [0.15, 0.2) is 72.8 Å². The van der Waals surface area contributed by atoms with Crippen molar-refractivity contribution in [3.63, 3.8) is 0 Å².